The monoisotopic (exact) mass is 234 g/mol. The second-order valence-corrected chi connectivity index (χ2v) is 4.88. The van der Waals surface area contributed by atoms with Crippen LogP contribution in [0.5, 0.6) is 0 Å². The second kappa shape index (κ2) is 4.49. The lowest BCUT2D eigenvalue weighted by Gasteiger charge is -2.18. The first-order chi connectivity index (χ1) is 8.34. The predicted molar refractivity (Wildman–Crippen MR) is 64.0 cm³/mol. The van der Waals surface area contributed by atoms with Crippen molar-refractivity contribution in [2.45, 2.75) is 25.2 Å². The van der Waals surface area contributed by atoms with Crippen LogP contribution in [0, 0.1) is 0 Å². The standard InChI is InChI=1S/C12H18N4O/c17-12(16-6-1-4-13-5-7-16)11-8-10(14-15-11)9-2-3-9/h8-9,13H,1-7H2,(H,14,15). The Balaban J connectivity index is 1.70. The van der Waals surface area contributed by atoms with Crippen LogP contribution in [0.1, 0.15) is 41.4 Å². The highest BCUT2D eigenvalue weighted by Crippen LogP contribution is 2.39. The average Bonchev–Trinajstić information content (AvgIpc) is 3.13. The molecule has 1 amide bonds. The Kier molecular flexibility index (Phi) is 2.84. The SMILES string of the molecule is O=C(c1cc(C2CC2)[nH]n1)N1CCCNCC1. The van der Waals surface area contributed by atoms with Gasteiger partial charge in [0.2, 0.25) is 0 Å². The van der Waals surface area contributed by atoms with Gasteiger partial charge in [-0.05, 0) is 31.9 Å². The second-order valence-electron chi connectivity index (χ2n) is 4.88. The van der Waals surface area contributed by atoms with Crippen molar-refractivity contribution in [1.82, 2.24) is 20.4 Å². The molecule has 5 heteroatoms. The molecule has 0 bridgehead atoms. The molecule has 0 unspecified atom stereocenters. The minimum atomic E-state index is 0.0665. The number of aromatic amines is 1. The first-order valence-corrected chi connectivity index (χ1v) is 6.40. The molecular weight excluding hydrogens is 216 g/mol. The highest BCUT2D eigenvalue weighted by Gasteiger charge is 2.27. The molecule has 5 nitrogen and oxygen atoms in total. The van der Waals surface area contributed by atoms with E-state index < -0.39 is 0 Å². The van der Waals surface area contributed by atoms with Crippen LogP contribution in [0.3, 0.4) is 0 Å². The molecule has 92 valence electrons. The molecule has 3 rings (SSSR count). The van der Waals surface area contributed by atoms with Crippen molar-refractivity contribution in [2.75, 3.05) is 26.2 Å². The van der Waals surface area contributed by atoms with Crippen molar-refractivity contribution < 1.29 is 4.79 Å². The number of carbonyl (C=O) groups excluding carboxylic acids is 1. The lowest BCUT2D eigenvalue weighted by molar-refractivity contribution is 0.0760. The number of rotatable bonds is 2. The van der Waals surface area contributed by atoms with E-state index in [1.807, 2.05) is 11.0 Å². The average molecular weight is 234 g/mol. The van der Waals surface area contributed by atoms with Crippen LogP contribution in [0.15, 0.2) is 6.07 Å². The number of amides is 1. The quantitative estimate of drug-likeness (QED) is 0.792. The molecule has 0 spiro atoms. The Morgan fingerprint density at radius 1 is 1.35 bits per heavy atom. The van der Waals surface area contributed by atoms with Gasteiger partial charge in [-0.2, -0.15) is 5.10 Å². The van der Waals surface area contributed by atoms with Gasteiger partial charge in [-0.1, -0.05) is 0 Å². The topological polar surface area (TPSA) is 61.0 Å². The van der Waals surface area contributed by atoms with Crippen molar-refractivity contribution in [3.05, 3.63) is 17.5 Å². The Bertz CT molecular complexity index is 402. The molecule has 1 aliphatic carbocycles. The predicted octanol–water partition coefficient (Wildman–Crippen LogP) is 0.723. The van der Waals surface area contributed by atoms with E-state index in [1.54, 1.807) is 0 Å². The molecule has 2 N–H and O–H groups in total. The highest BCUT2D eigenvalue weighted by molar-refractivity contribution is 5.92. The van der Waals surface area contributed by atoms with Crippen LogP contribution in [-0.4, -0.2) is 47.2 Å². The lowest BCUT2D eigenvalue weighted by Crippen LogP contribution is -2.34. The minimum absolute atomic E-state index is 0.0665. The summed E-state index contributed by atoms with van der Waals surface area (Å²) in [6.07, 6.45) is 3.47. The van der Waals surface area contributed by atoms with Crippen LogP contribution in [0.4, 0.5) is 0 Å². The molecular formula is C12H18N4O. The zero-order valence-electron chi connectivity index (χ0n) is 9.91. The van der Waals surface area contributed by atoms with Gasteiger partial charge >= 0.3 is 0 Å². The lowest BCUT2D eigenvalue weighted by atomic mass is 10.2. The smallest absolute Gasteiger partial charge is 0.274 e. The van der Waals surface area contributed by atoms with Crippen molar-refractivity contribution in [2.24, 2.45) is 0 Å². The molecule has 1 saturated carbocycles. The van der Waals surface area contributed by atoms with Gasteiger partial charge in [-0.15, -0.1) is 0 Å². The summed E-state index contributed by atoms with van der Waals surface area (Å²) in [7, 11) is 0. The molecule has 1 aromatic rings. The first kappa shape index (κ1) is 10.8. The number of carbonyl (C=O) groups is 1. The molecule has 17 heavy (non-hydrogen) atoms. The molecule has 1 saturated heterocycles. The van der Waals surface area contributed by atoms with E-state index in [1.165, 1.54) is 12.8 Å². The summed E-state index contributed by atoms with van der Waals surface area (Å²) >= 11 is 0. The molecule has 2 aliphatic rings. The van der Waals surface area contributed by atoms with E-state index in [0.717, 1.165) is 38.3 Å². The van der Waals surface area contributed by atoms with Crippen LogP contribution in [0.2, 0.25) is 0 Å². The van der Waals surface area contributed by atoms with E-state index in [9.17, 15) is 4.79 Å². The largest absolute Gasteiger partial charge is 0.336 e. The Morgan fingerprint density at radius 2 is 2.24 bits per heavy atom. The molecule has 0 atom stereocenters. The van der Waals surface area contributed by atoms with Crippen LogP contribution in [-0.2, 0) is 0 Å². The van der Waals surface area contributed by atoms with Gasteiger partial charge in [0.15, 0.2) is 0 Å². The maximum Gasteiger partial charge on any atom is 0.274 e. The van der Waals surface area contributed by atoms with Crippen LogP contribution < -0.4 is 5.32 Å². The van der Waals surface area contributed by atoms with Gasteiger partial charge in [-0.3, -0.25) is 9.89 Å². The van der Waals surface area contributed by atoms with Crippen LogP contribution in [0.25, 0.3) is 0 Å². The van der Waals surface area contributed by atoms with Crippen molar-refractivity contribution in [3.63, 3.8) is 0 Å². The molecule has 1 aromatic heterocycles. The molecule has 2 fully saturated rings. The number of nitrogens with one attached hydrogen (secondary N) is 2. The van der Waals surface area contributed by atoms with Crippen LogP contribution >= 0.6 is 0 Å². The van der Waals surface area contributed by atoms with Gasteiger partial charge in [-0.25, -0.2) is 0 Å². The minimum Gasteiger partial charge on any atom is -0.336 e. The summed E-state index contributed by atoms with van der Waals surface area (Å²) in [5.74, 6) is 0.687. The third kappa shape index (κ3) is 2.34. The molecule has 1 aliphatic heterocycles. The Hall–Kier alpha value is -1.36. The van der Waals surface area contributed by atoms with Gasteiger partial charge in [0.1, 0.15) is 5.69 Å². The third-order valence-corrected chi connectivity index (χ3v) is 3.46. The van der Waals surface area contributed by atoms with Crippen molar-refractivity contribution in [3.8, 4) is 0 Å². The molecule has 0 radical (unpaired) electrons. The Morgan fingerprint density at radius 3 is 3.06 bits per heavy atom. The highest BCUT2D eigenvalue weighted by atomic mass is 16.2. The fourth-order valence-electron chi connectivity index (χ4n) is 2.26. The summed E-state index contributed by atoms with van der Waals surface area (Å²) in [4.78, 5) is 14.1. The van der Waals surface area contributed by atoms with E-state index in [0.29, 0.717) is 11.6 Å². The van der Waals surface area contributed by atoms with Gasteiger partial charge in [0.05, 0.1) is 0 Å². The third-order valence-electron chi connectivity index (χ3n) is 3.46. The summed E-state index contributed by atoms with van der Waals surface area (Å²) < 4.78 is 0. The summed E-state index contributed by atoms with van der Waals surface area (Å²) in [6.45, 7) is 3.49. The zero-order chi connectivity index (χ0) is 11.7. The van der Waals surface area contributed by atoms with E-state index in [4.69, 9.17) is 0 Å². The number of nitrogens with zero attached hydrogens (tertiary/aromatic N) is 2. The fourth-order valence-corrected chi connectivity index (χ4v) is 2.26. The fraction of sp³-hybridized carbons (Fsp3) is 0.667. The number of H-pyrrole nitrogens is 1. The van der Waals surface area contributed by atoms with Gasteiger partial charge < -0.3 is 10.2 Å². The number of hydrogen-bond donors (Lipinski definition) is 2. The summed E-state index contributed by atoms with van der Waals surface area (Å²) in [5.41, 5.74) is 1.70. The normalized spacial score (nSPS) is 21.3. The maximum absolute atomic E-state index is 12.2. The Labute approximate surface area is 101 Å². The van der Waals surface area contributed by atoms with Crippen molar-refractivity contribution >= 4 is 5.91 Å². The number of hydrogen-bond acceptors (Lipinski definition) is 3. The van der Waals surface area contributed by atoms with E-state index in [-0.39, 0.29) is 5.91 Å². The first-order valence-electron chi connectivity index (χ1n) is 6.40. The zero-order valence-corrected chi connectivity index (χ0v) is 9.91. The van der Waals surface area contributed by atoms with E-state index in [2.05, 4.69) is 15.5 Å². The number of aromatic nitrogens is 2. The molecule has 2 heterocycles. The van der Waals surface area contributed by atoms with E-state index >= 15 is 0 Å². The van der Waals surface area contributed by atoms with Crippen molar-refractivity contribution in [1.29, 1.82) is 0 Å². The maximum atomic E-state index is 12.2. The van der Waals surface area contributed by atoms with Gasteiger partial charge in [0.25, 0.3) is 5.91 Å². The molecule has 0 aromatic carbocycles. The summed E-state index contributed by atoms with van der Waals surface area (Å²) in [6, 6.07) is 1.93. The summed E-state index contributed by atoms with van der Waals surface area (Å²) in [5, 5.41) is 10.4. The van der Waals surface area contributed by atoms with Gasteiger partial charge in [0, 0.05) is 31.2 Å².